The van der Waals surface area contributed by atoms with E-state index in [1.807, 2.05) is 6.07 Å². The van der Waals surface area contributed by atoms with Crippen molar-refractivity contribution in [2.45, 2.75) is 6.61 Å². The van der Waals surface area contributed by atoms with Crippen LogP contribution < -0.4 is 11.2 Å². The summed E-state index contributed by atoms with van der Waals surface area (Å²) >= 11 is 0. The molecule has 0 aliphatic heterocycles. The van der Waals surface area contributed by atoms with Crippen LogP contribution in [-0.2, 0) is 16.1 Å². The number of amides is 2. The Balaban J connectivity index is 1.70. The van der Waals surface area contributed by atoms with E-state index >= 15 is 0 Å². The van der Waals surface area contributed by atoms with Gasteiger partial charge in [0.1, 0.15) is 13.2 Å². The average molecular weight is 448 g/mol. The van der Waals surface area contributed by atoms with Gasteiger partial charge >= 0.3 is 6.09 Å². The van der Waals surface area contributed by atoms with Crippen LogP contribution in [0.2, 0.25) is 0 Å². The number of nitrogens with two attached hydrogens (primary N) is 1. The number of nitro groups is 1. The predicted octanol–water partition coefficient (Wildman–Crippen LogP) is 3.28. The SMILES string of the molecule is NN(CC(=O)Nc1ccc([N+](=O)[O-])cc1C(=O)c1ccccc1)C(=O)OCc1ccccc1. The van der Waals surface area contributed by atoms with Gasteiger partial charge in [0, 0.05) is 17.7 Å². The first kappa shape index (κ1) is 23.1. The maximum atomic E-state index is 12.9. The molecule has 0 atom stereocenters. The van der Waals surface area contributed by atoms with Crippen LogP contribution in [-0.4, -0.2) is 34.3 Å². The van der Waals surface area contributed by atoms with E-state index in [1.54, 1.807) is 54.6 Å². The Morgan fingerprint density at radius 2 is 1.61 bits per heavy atom. The van der Waals surface area contributed by atoms with Gasteiger partial charge in [0.15, 0.2) is 5.78 Å². The van der Waals surface area contributed by atoms with E-state index in [4.69, 9.17) is 10.6 Å². The van der Waals surface area contributed by atoms with Crippen molar-refractivity contribution in [3.05, 3.63) is 106 Å². The molecule has 0 saturated carbocycles. The lowest BCUT2D eigenvalue weighted by molar-refractivity contribution is -0.384. The number of non-ortho nitro benzene ring substituents is 1. The number of nitrogens with one attached hydrogen (secondary N) is 1. The molecule has 10 nitrogen and oxygen atoms in total. The normalized spacial score (nSPS) is 10.2. The van der Waals surface area contributed by atoms with E-state index in [2.05, 4.69) is 5.32 Å². The minimum Gasteiger partial charge on any atom is -0.444 e. The molecule has 168 valence electrons. The first-order valence-corrected chi connectivity index (χ1v) is 9.76. The quantitative estimate of drug-likeness (QED) is 0.177. The van der Waals surface area contributed by atoms with Crippen LogP contribution in [0.5, 0.6) is 0 Å². The first-order valence-electron chi connectivity index (χ1n) is 9.76. The first-order chi connectivity index (χ1) is 15.8. The van der Waals surface area contributed by atoms with E-state index < -0.39 is 29.3 Å². The molecule has 10 heteroatoms. The summed E-state index contributed by atoms with van der Waals surface area (Å²) in [5.41, 5.74) is 0.707. The highest BCUT2D eigenvalue weighted by atomic mass is 16.6. The minimum absolute atomic E-state index is 0.0208. The number of ether oxygens (including phenoxy) is 1. The molecule has 0 spiro atoms. The molecule has 3 N–H and O–H groups in total. The van der Waals surface area contributed by atoms with E-state index in [-0.39, 0.29) is 23.5 Å². The summed E-state index contributed by atoms with van der Waals surface area (Å²) in [7, 11) is 0. The average Bonchev–Trinajstić information content (AvgIpc) is 2.83. The fourth-order valence-corrected chi connectivity index (χ4v) is 2.90. The fourth-order valence-electron chi connectivity index (χ4n) is 2.90. The maximum Gasteiger partial charge on any atom is 0.424 e. The van der Waals surface area contributed by atoms with Gasteiger partial charge in [-0.05, 0) is 11.6 Å². The number of anilines is 1. The van der Waals surface area contributed by atoms with Gasteiger partial charge in [0.05, 0.1) is 16.2 Å². The molecule has 0 aliphatic carbocycles. The van der Waals surface area contributed by atoms with E-state index in [0.29, 0.717) is 10.6 Å². The van der Waals surface area contributed by atoms with E-state index in [9.17, 15) is 24.5 Å². The lowest BCUT2D eigenvalue weighted by atomic mass is 10.0. The van der Waals surface area contributed by atoms with Crippen molar-refractivity contribution in [1.29, 1.82) is 0 Å². The third-order valence-electron chi connectivity index (χ3n) is 4.52. The largest absolute Gasteiger partial charge is 0.444 e. The van der Waals surface area contributed by atoms with Crippen LogP contribution in [0, 0.1) is 10.1 Å². The van der Waals surface area contributed by atoms with Crippen molar-refractivity contribution in [3.8, 4) is 0 Å². The highest BCUT2D eigenvalue weighted by Gasteiger charge is 2.21. The van der Waals surface area contributed by atoms with Crippen molar-refractivity contribution in [2.75, 3.05) is 11.9 Å². The van der Waals surface area contributed by atoms with Crippen molar-refractivity contribution < 1.29 is 24.0 Å². The molecule has 0 aliphatic rings. The van der Waals surface area contributed by atoms with Crippen molar-refractivity contribution in [2.24, 2.45) is 5.84 Å². The molecule has 2 amide bonds. The Hall–Kier alpha value is -4.57. The molecular formula is C23H20N4O6. The smallest absolute Gasteiger partial charge is 0.424 e. The zero-order valence-corrected chi connectivity index (χ0v) is 17.3. The van der Waals surface area contributed by atoms with Crippen LogP contribution in [0.3, 0.4) is 0 Å². The number of benzene rings is 3. The Bertz CT molecular complexity index is 1170. The van der Waals surface area contributed by atoms with Gasteiger partial charge in [-0.1, -0.05) is 60.7 Å². The summed E-state index contributed by atoms with van der Waals surface area (Å²) in [4.78, 5) is 47.9. The molecule has 3 aromatic carbocycles. The summed E-state index contributed by atoms with van der Waals surface area (Å²) in [6.45, 7) is -0.587. The van der Waals surface area contributed by atoms with Gasteiger partial charge in [-0.3, -0.25) is 19.7 Å². The summed E-state index contributed by atoms with van der Waals surface area (Å²) < 4.78 is 5.06. The number of nitro benzene ring substituents is 1. The number of rotatable bonds is 8. The Morgan fingerprint density at radius 1 is 0.970 bits per heavy atom. The molecule has 0 radical (unpaired) electrons. The van der Waals surface area contributed by atoms with Gasteiger partial charge in [0.2, 0.25) is 5.91 Å². The monoisotopic (exact) mass is 448 g/mol. The number of ketones is 1. The molecular weight excluding hydrogens is 428 g/mol. The van der Waals surface area contributed by atoms with E-state index in [0.717, 1.165) is 17.7 Å². The molecule has 0 aromatic heterocycles. The van der Waals surface area contributed by atoms with Crippen LogP contribution in [0.1, 0.15) is 21.5 Å². The van der Waals surface area contributed by atoms with Crippen LogP contribution in [0.4, 0.5) is 16.2 Å². The number of hydrogen-bond donors (Lipinski definition) is 2. The Labute approximate surface area is 188 Å². The molecule has 3 rings (SSSR count). The summed E-state index contributed by atoms with van der Waals surface area (Å²) in [6, 6.07) is 20.5. The van der Waals surface area contributed by atoms with Gasteiger partial charge in [0.25, 0.3) is 5.69 Å². The second-order valence-corrected chi connectivity index (χ2v) is 6.90. The molecule has 33 heavy (non-hydrogen) atoms. The minimum atomic E-state index is -0.918. The molecule has 3 aromatic rings. The van der Waals surface area contributed by atoms with Gasteiger partial charge in [-0.15, -0.1) is 0 Å². The van der Waals surface area contributed by atoms with Crippen LogP contribution in [0.25, 0.3) is 0 Å². The molecule has 0 heterocycles. The standard InChI is InChI=1S/C23H20N4O6/c24-26(23(30)33-15-16-7-3-1-4-8-16)14-21(28)25-20-12-11-18(27(31)32)13-19(20)22(29)17-9-5-2-6-10-17/h1-13H,14-15,24H2,(H,25,28). The predicted molar refractivity (Wildman–Crippen MR) is 119 cm³/mol. The van der Waals surface area contributed by atoms with Crippen LogP contribution >= 0.6 is 0 Å². The van der Waals surface area contributed by atoms with E-state index in [1.165, 1.54) is 6.07 Å². The third kappa shape index (κ3) is 6.21. The zero-order chi connectivity index (χ0) is 23.8. The maximum absolute atomic E-state index is 12.9. The Kier molecular flexibility index (Phi) is 7.45. The van der Waals surface area contributed by atoms with Gasteiger partial charge < -0.3 is 10.1 Å². The Morgan fingerprint density at radius 3 is 2.24 bits per heavy atom. The summed E-state index contributed by atoms with van der Waals surface area (Å²) in [5, 5.41) is 14.2. The second kappa shape index (κ2) is 10.6. The number of carbonyl (C=O) groups is 3. The number of hydrazine groups is 1. The summed E-state index contributed by atoms with van der Waals surface area (Å²) in [5.74, 6) is 4.40. The number of carbonyl (C=O) groups excluding carboxylic acids is 3. The van der Waals surface area contributed by atoms with Crippen molar-refractivity contribution in [1.82, 2.24) is 5.01 Å². The second-order valence-electron chi connectivity index (χ2n) is 6.90. The van der Waals surface area contributed by atoms with Crippen molar-refractivity contribution in [3.63, 3.8) is 0 Å². The highest BCUT2D eigenvalue weighted by Crippen LogP contribution is 2.25. The summed E-state index contributed by atoms with van der Waals surface area (Å²) in [6.07, 6.45) is -0.918. The van der Waals surface area contributed by atoms with Crippen LogP contribution in [0.15, 0.2) is 78.9 Å². The topological polar surface area (TPSA) is 145 Å². The third-order valence-corrected chi connectivity index (χ3v) is 4.52. The number of hydrogen-bond acceptors (Lipinski definition) is 7. The van der Waals surface area contributed by atoms with Crippen molar-refractivity contribution >= 4 is 29.2 Å². The number of nitrogens with zero attached hydrogens (tertiary/aromatic N) is 2. The fraction of sp³-hybridized carbons (Fsp3) is 0.0870. The molecule has 0 unspecified atom stereocenters. The lowest BCUT2D eigenvalue weighted by Gasteiger charge is -2.17. The highest BCUT2D eigenvalue weighted by molar-refractivity contribution is 6.14. The molecule has 0 saturated heterocycles. The zero-order valence-electron chi connectivity index (χ0n) is 17.3. The molecule has 0 bridgehead atoms. The molecule has 0 fully saturated rings. The van der Waals surface area contributed by atoms with Gasteiger partial charge in [-0.2, -0.15) is 0 Å². The van der Waals surface area contributed by atoms with Gasteiger partial charge in [-0.25, -0.2) is 15.6 Å². The lowest BCUT2D eigenvalue weighted by Crippen LogP contribution is -2.43.